The van der Waals surface area contributed by atoms with Gasteiger partial charge in [0.25, 0.3) is 5.91 Å². The molecule has 0 bridgehead atoms. The quantitative estimate of drug-likeness (QED) is 0.753. The topological polar surface area (TPSA) is 68.3 Å². The number of hydrogen-bond acceptors (Lipinski definition) is 4. The van der Waals surface area contributed by atoms with Crippen LogP contribution in [0.2, 0.25) is 0 Å². The molecule has 1 amide bonds. The lowest BCUT2D eigenvalue weighted by atomic mass is 9.89. The molecule has 5 nitrogen and oxygen atoms in total. The van der Waals surface area contributed by atoms with E-state index in [2.05, 4.69) is 44.4 Å². The summed E-state index contributed by atoms with van der Waals surface area (Å²) in [7, 11) is 0. The molecule has 3 rings (SSSR count). The van der Waals surface area contributed by atoms with E-state index in [0.29, 0.717) is 10.0 Å². The minimum atomic E-state index is -0.574. The normalized spacial score (nSPS) is 14.2. The molecule has 2 aromatic rings. The lowest BCUT2D eigenvalue weighted by Crippen LogP contribution is -2.31. The fourth-order valence-electron chi connectivity index (χ4n) is 3.13. The third-order valence-electron chi connectivity index (χ3n) is 4.52. The van der Waals surface area contributed by atoms with Gasteiger partial charge in [-0.05, 0) is 71.3 Å². The molecule has 1 aromatic carbocycles. The highest BCUT2D eigenvalue weighted by atomic mass is 79.9. The van der Waals surface area contributed by atoms with Gasteiger partial charge in [-0.1, -0.05) is 18.2 Å². The van der Waals surface area contributed by atoms with Crippen LogP contribution in [-0.4, -0.2) is 23.5 Å². The van der Waals surface area contributed by atoms with Gasteiger partial charge in [0.15, 0.2) is 6.61 Å². The average Bonchev–Trinajstić information content (AvgIpc) is 2.65. The highest BCUT2D eigenvalue weighted by molar-refractivity contribution is 9.10. The van der Waals surface area contributed by atoms with Crippen molar-refractivity contribution in [2.75, 3.05) is 6.61 Å². The van der Waals surface area contributed by atoms with Gasteiger partial charge in [0.1, 0.15) is 0 Å². The van der Waals surface area contributed by atoms with E-state index < -0.39 is 5.97 Å². The molecular weight excluding hydrogens is 396 g/mol. The zero-order valence-electron chi connectivity index (χ0n) is 14.6. The van der Waals surface area contributed by atoms with E-state index in [-0.39, 0.29) is 18.6 Å². The van der Waals surface area contributed by atoms with Crippen molar-refractivity contribution < 1.29 is 14.3 Å². The smallest absolute Gasteiger partial charge is 0.340 e. The van der Waals surface area contributed by atoms with Crippen molar-refractivity contribution in [3.63, 3.8) is 0 Å². The molecular formula is C20H21BrN2O3. The summed E-state index contributed by atoms with van der Waals surface area (Å²) in [6.07, 6.45) is 7.68. The van der Waals surface area contributed by atoms with Crippen LogP contribution in [-0.2, 0) is 22.4 Å². The maximum absolute atomic E-state index is 12.1. The summed E-state index contributed by atoms with van der Waals surface area (Å²) in [5.74, 6) is -0.901. The van der Waals surface area contributed by atoms with E-state index in [1.165, 1.54) is 30.2 Å². The lowest BCUT2D eigenvalue weighted by molar-refractivity contribution is -0.124. The predicted molar refractivity (Wildman–Crippen MR) is 102 cm³/mol. The molecule has 1 aromatic heterocycles. The Bertz CT molecular complexity index is 822. The van der Waals surface area contributed by atoms with Crippen molar-refractivity contribution in [1.29, 1.82) is 0 Å². The number of carbonyl (C=O) groups excluding carboxylic acids is 2. The Morgan fingerprint density at radius 3 is 2.73 bits per heavy atom. The number of pyridine rings is 1. The molecule has 136 valence electrons. The summed E-state index contributed by atoms with van der Waals surface area (Å²) < 4.78 is 5.74. The maximum Gasteiger partial charge on any atom is 0.340 e. The number of hydrogen-bond donors (Lipinski definition) is 1. The minimum absolute atomic E-state index is 0.138. The first-order valence-electron chi connectivity index (χ1n) is 8.71. The van der Waals surface area contributed by atoms with Gasteiger partial charge in [0.05, 0.1) is 11.6 Å². The second-order valence-corrected chi connectivity index (χ2v) is 7.41. The van der Waals surface area contributed by atoms with Crippen molar-refractivity contribution in [1.82, 2.24) is 10.3 Å². The van der Waals surface area contributed by atoms with Crippen LogP contribution in [0.4, 0.5) is 0 Å². The Hall–Kier alpha value is -2.21. The average molecular weight is 417 g/mol. The van der Waals surface area contributed by atoms with Crippen molar-refractivity contribution >= 4 is 27.8 Å². The monoisotopic (exact) mass is 416 g/mol. The van der Waals surface area contributed by atoms with Gasteiger partial charge >= 0.3 is 5.97 Å². The van der Waals surface area contributed by atoms with Crippen molar-refractivity contribution in [3.8, 4) is 0 Å². The van der Waals surface area contributed by atoms with E-state index in [0.717, 1.165) is 18.4 Å². The van der Waals surface area contributed by atoms with Gasteiger partial charge in [0, 0.05) is 16.9 Å². The van der Waals surface area contributed by atoms with E-state index in [1.54, 1.807) is 12.3 Å². The first-order chi connectivity index (χ1) is 12.5. The number of aryl methyl sites for hydroxylation is 2. The summed E-state index contributed by atoms with van der Waals surface area (Å²) in [6, 6.07) is 7.86. The number of ether oxygens (including phenoxy) is 1. The Morgan fingerprint density at radius 1 is 1.19 bits per heavy atom. The van der Waals surface area contributed by atoms with E-state index in [1.807, 2.05) is 6.92 Å². The Labute approximate surface area is 161 Å². The summed E-state index contributed by atoms with van der Waals surface area (Å²) in [4.78, 5) is 28.0. The van der Waals surface area contributed by atoms with Crippen LogP contribution in [0.5, 0.6) is 0 Å². The number of benzene rings is 1. The molecule has 1 atom stereocenters. The highest BCUT2D eigenvalue weighted by Crippen LogP contribution is 2.24. The fraction of sp³-hybridized carbons (Fsp3) is 0.350. The minimum Gasteiger partial charge on any atom is -0.452 e. The van der Waals surface area contributed by atoms with Crippen LogP contribution in [0.25, 0.3) is 0 Å². The molecule has 26 heavy (non-hydrogen) atoms. The molecule has 0 radical (unpaired) electrons. The van der Waals surface area contributed by atoms with Gasteiger partial charge in [-0.15, -0.1) is 0 Å². The third kappa shape index (κ3) is 4.69. The molecule has 1 N–H and O–H groups in total. The molecule has 0 saturated carbocycles. The Morgan fingerprint density at radius 2 is 1.96 bits per heavy atom. The van der Waals surface area contributed by atoms with Gasteiger partial charge in [0.2, 0.25) is 0 Å². The molecule has 1 aliphatic carbocycles. The van der Waals surface area contributed by atoms with Gasteiger partial charge in [-0.3, -0.25) is 9.78 Å². The standard InChI is InChI=1S/C20H21BrN2O3/c1-13(15-7-6-14-4-2-3-5-16(14)8-15)23-19(24)12-26-20(25)17-9-18(21)11-22-10-17/h6-11,13H,2-5,12H2,1H3,(H,23,24)/t13-/m0/s1. The second-order valence-electron chi connectivity index (χ2n) is 6.49. The lowest BCUT2D eigenvalue weighted by Gasteiger charge is -2.20. The van der Waals surface area contributed by atoms with Crippen LogP contribution < -0.4 is 5.32 Å². The highest BCUT2D eigenvalue weighted by Gasteiger charge is 2.16. The number of nitrogens with one attached hydrogen (secondary N) is 1. The first-order valence-corrected chi connectivity index (χ1v) is 9.51. The van der Waals surface area contributed by atoms with Gasteiger partial charge < -0.3 is 10.1 Å². The zero-order valence-corrected chi connectivity index (χ0v) is 16.2. The van der Waals surface area contributed by atoms with Crippen LogP contribution >= 0.6 is 15.9 Å². The number of amides is 1. The number of halogens is 1. The van der Waals surface area contributed by atoms with E-state index in [4.69, 9.17) is 4.74 Å². The molecule has 1 heterocycles. The van der Waals surface area contributed by atoms with Crippen molar-refractivity contribution in [2.45, 2.75) is 38.6 Å². The van der Waals surface area contributed by atoms with Gasteiger partial charge in [-0.25, -0.2) is 4.79 Å². The molecule has 0 fully saturated rings. The van der Waals surface area contributed by atoms with E-state index in [9.17, 15) is 9.59 Å². The molecule has 0 aliphatic heterocycles. The third-order valence-corrected chi connectivity index (χ3v) is 4.96. The molecule has 1 aliphatic rings. The van der Waals surface area contributed by atoms with Crippen molar-refractivity contribution in [3.05, 3.63) is 63.4 Å². The van der Waals surface area contributed by atoms with Crippen LogP contribution in [0.3, 0.4) is 0 Å². The largest absolute Gasteiger partial charge is 0.452 e. The summed E-state index contributed by atoms with van der Waals surface area (Å²) in [5, 5.41) is 2.88. The number of esters is 1. The SMILES string of the molecule is C[C@H](NC(=O)COC(=O)c1cncc(Br)c1)c1ccc2c(c1)CCCC2. The summed E-state index contributed by atoms with van der Waals surface area (Å²) >= 11 is 3.25. The van der Waals surface area contributed by atoms with Crippen LogP contribution in [0.1, 0.15) is 52.9 Å². The van der Waals surface area contributed by atoms with Crippen LogP contribution in [0, 0.1) is 0 Å². The zero-order chi connectivity index (χ0) is 18.5. The number of carbonyl (C=O) groups is 2. The molecule has 0 unspecified atom stereocenters. The van der Waals surface area contributed by atoms with Crippen LogP contribution in [0.15, 0.2) is 41.1 Å². The summed E-state index contributed by atoms with van der Waals surface area (Å²) in [6.45, 7) is 1.61. The first kappa shape index (κ1) is 18.6. The fourth-order valence-corrected chi connectivity index (χ4v) is 3.49. The Kier molecular flexibility index (Phi) is 6.04. The van der Waals surface area contributed by atoms with E-state index >= 15 is 0 Å². The number of rotatable bonds is 5. The predicted octanol–water partition coefficient (Wildman–Crippen LogP) is 3.76. The molecule has 0 saturated heterocycles. The summed E-state index contributed by atoms with van der Waals surface area (Å²) in [5.41, 5.74) is 4.16. The number of fused-ring (bicyclic) bond motifs is 1. The number of aromatic nitrogens is 1. The van der Waals surface area contributed by atoms with Gasteiger partial charge in [-0.2, -0.15) is 0 Å². The Balaban J connectivity index is 1.53. The number of nitrogens with zero attached hydrogens (tertiary/aromatic N) is 1. The second kappa shape index (κ2) is 8.45. The maximum atomic E-state index is 12.1. The molecule has 6 heteroatoms. The van der Waals surface area contributed by atoms with Crippen molar-refractivity contribution in [2.24, 2.45) is 0 Å². The molecule has 0 spiro atoms.